The minimum Gasteiger partial charge on any atom is -0.456 e. The highest BCUT2D eigenvalue weighted by atomic mass is 19.1. The number of hydrogen-bond acceptors (Lipinski definition) is 7. The molecule has 1 aliphatic heterocycles. The monoisotopic (exact) mass is 292 g/mol. The number of ether oxygens (including phenoxy) is 4. The SMILES string of the molecule is CC(=O)O[C@H]1O[C@@H](C)[C@@H](OC(C)=O)[C@@H](OC(C)=O)[C@@H]1F. The quantitative estimate of drug-likeness (QED) is 0.552. The number of carbonyl (C=O) groups excluding carboxylic acids is 3. The largest absolute Gasteiger partial charge is 0.456 e. The Hall–Kier alpha value is -1.70. The minimum absolute atomic E-state index is 0.666. The van der Waals surface area contributed by atoms with Crippen LogP contribution in [-0.2, 0) is 33.3 Å². The summed E-state index contributed by atoms with van der Waals surface area (Å²) >= 11 is 0. The van der Waals surface area contributed by atoms with Gasteiger partial charge in [-0.25, -0.2) is 4.39 Å². The van der Waals surface area contributed by atoms with Gasteiger partial charge in [-0.1, -0.05) is 0 Å². The number of halogens is 1. The molecule has 0 bridgehead atoms. The molecule has 0 spiro atoms. The summed E-state index contributed by atoms with van der Waals surface area (Å²) in [4.78, 5) is 33.0. The molecule has 20 heavy (non-hydrogen) atoms. The first-order chi connectivity index (χ1) is 9.22. The van der Waals surface area contributed by atoms with Crippen molar-refractivity contribution in [2.45, 2.75) is 58.5 Å². The average Bonchev–Trinajstić information content (AvgIpc) is 2.28. The Kier molecular flexibility index (Phi) is 5.43. The molecular formula is C12H17FO7. The molecule has 0 aromatic carbocycles. The number of rotatable bonds is 3. The normalized spacial score (nSPS) is 33.1. The number of hydrogen-bond donors (Lipinski definition) is 0. The summed E-state index contributed by atoms with van der Waals surface area (Å²) in [5.74, 6) is -2.15. The molecule has 0 aromatic rings. The highest BCUT2D eigenvalue weighted by molar-refractivity contribution is 5.68. The van der Waals surface area contributed by atoms with Crippen LogP contribution in [0.1, 0.15) is 27.7 Å². The van der Waals surface area contributed by atoms with E-state index in [1.807, 2.05) is 0 Å². The van der Waals surface area contributed by atoms with Crippen molar-refractivity contribution in [3.63, 3.8) is 0 Å². The predicted octanol–water partition coefficient (Wildman–Crippen LogP) is 0.496. The Bertz CT molecular complexity index is 397. The zero-order valence-corrected chi connectivity index (χ0v) is 11.6. The second-order valence-electron chi connectivity index (χ2n) is 4.41. The second-order valence-corrected chi connectivity index (χ2v) is 4.41. The number of esters is 3. The molecular weight excluding hydrogens is 275 g/mol. The van der Waals surface area contributed by atoms with Crippen LogP contribution in [0.25, 0.3) is 0 Å². The van der Waals surface area contributed by atoms with E-state index in [-0.39, 0.29) is 0 Å². The predicted molar refractivity (Wildman–Crippen MR) is 62.1 cm³/mol. The van der Waals surface area contributed by atoms with Gasteiger partial charge in [-0.05, 0) is 6.92 Å². The maximum atomic E-state index is 14.2. The Morgan fingerprint density at radius 3 is 1.80 bits per heavy atom. The third kappa shape index (κ3) is 4.16. The number of carbonyl (C=O) groups is 3. The average molecular weight is 292 g/mol. The van der Waals surface area contributed by atoms with E-state index in [0.29, 0.717) is 0 Å². The highest BCUT2D eigenvalue weighted by Gasteiger charge is 2.50. The molecule has 0 aromatic heterocycles. The zero-order valence-electron chi connectivity index (χ0n) is 11.6. The molecule has 1 aliphatic rings. The van der Waals surface area contributed by atoms with Crippen LogP contribution in [0.5, 0.6) is 0 Å². The molecule has 0 unspecified atom stereocenters. The van der Waals surface area contributed by atoms with Gasteiger partial charge in [0.1, 0.15) is 0 Å². The highest BCUT2D eigenvalue weighted by Crippen LogP contribution is 2.29. The van der Waals surface area contributed by atoms with Crippen LogP contribution in [0.2, 0.25) is 0 Å². The van der Waals surface area contributed by atoms with Crippen molar-refractivity contribution in [3.05, 3.63) is 0 Å². The standard InChI is InChI=1S/C12H17FO7/c1-5-10(18-6(2)14)11(19-7(3)15)9(13)12(17-5)20-8(4)16/h5,9-12H,1-4H3/t5-,9-,10+,11-,12+/m0/s1. The van der Waals surface area contributed by atoms with Crippen molar-refractivity contribution >= 4 is 17.9 Å². The Balaban J connectivity index is 2.93. The van der Waals surface area contributed by atoms with E-state index in [1.54, 1.807) is 0 Å². The second kappa shape index (κ2) is 6.65. The Labute approximate surface area is 115 Å². The van der Waals surface area contributed by atoms with Gasteiger partial charge in [0.15, 0.2) is 12.2 Å². The molecule has 0 saturated carbocycles. The maximum absolute atomic E-state index is 14.2. The lowest BCUT2D eigenvalue weighted by Gasteiger charge is -2.40. The first-order valence-corrected chi connectivity index (χ1v) is 6.03. The fourth-order valence-electron chi connectivity index (χ4n) is 1.90. The van der Waals surface area contributed by atoms with Gasteiger partial charge in [-0.15, -0.1) is 0 Å². The van der Waals surface area contributed by atoms with Crippen molar-refractivity contribution in [1.29, 1.82) is 0 Å². The summed E-state index contributed by atoms with van der Waals surface area (Å²) in [7, 11) is 0. The van der Waals surface area contributed by atoms with Gasteiger partial charge in [0.2, 0.25) is 12.5 Å². The molecule has 1 fully saturated rings. The van der Waals surface area contributed by atoms with E-state index >= 15 is 0 Å². The van der Waals surface area contributed by atoms with Crippen LogP contribution < -0.4 is 0 Å². The van der Waals surface area contributed by atoms with Crippen LogP contribution in [0, 0.1) is 0 Å². The van der Waals surface area contributed by atoms with Crippen molar-refractivity contribution < 1.29 is 37.7 Å². The van der Waals surface area contributed by atoms with Crippen molar-refractivity contribution in [2.24, 2.45) is 0 Å². The molecule has 0 radical (unpaired) electrons. The lowest BCUT2D eigenvalue weighted by molar-refractivity contribution is -0.276. The summed E-state index contributed by atoms with van der Waals surface area (Å²) < 4.78 is 33.8. The molecule has 1 rings (SSSR count). The van der Waals surface area contributed by atoms with Gasteiger partial charge < -0.3 is 18.9 Å². The molecule has 8 heteroatoms. The van der Waals surface area contributed by atoms with Crippen LogP contribution >= 0.6 is 0 Å². The van der Waals surface area contributed by atoms with E-state index in [0.717, 1.165) is 20.8 Å². The molecule has 0 N–H and O–H groups in total. The van der Waals surface area contributed by atoms with E-state index < -0.39 is 48.7 Å². The van der Waals surface area contributed by atoms with Crippen LogP contribution in [0.15, 0.2) is 0 Å². The van der Waals surface area contributed by atoms with E-state index in [2.05, 4.69) is 4.74 Å². The minimum atomic E-state index is -1.96. The summed E-state index contributed by atoms with van der Waals surface area (Å²) in [6.07, 6.45) is -6.79. The molecule has 0 amide bonds. The smallest absolute Gasteiger partial charge is 0.305 e. The lowest BCUT2D eigenvalue weighted by atomic mass is 10.00. The van der Waals surface area contributed by atoms with Gasteiger partial charge in [0.25, 0.3) is 0 Å². The van der Waals surface area contributed by atoms with Crippen LogP contribution in [0.3, 0.4) is 0 Å². The molecule has 5 atom stereocenters. The van der Waals surface area contributed by atoms with Crippen molar-refractivity contribution in [2.75, 3.05) is 0 Å². The third-order valence-corrected chi connectivity index (χ3v) is 2.60. The van der Waals surface area contributed by atoms with Gasteiger partial charge in [-0.3, -0.25) is 14.4 Å². The van der Waals surface area contributed by atoms with Gasteiger partial charge >= 0.3 is 17.9 Å². The molecule has 7 nitrogen and oxygen atoms in total. The van der Waals surface area contributed by atoms with Crippen LogP contribution in [-0.4, -0.2) is 48.7 Å². The Morgan fingerprint density at radius 1 is 0.900 bits per heavy atom. The van der Waals surface area contributed by atoms with Crippen molar-refractivity contribution in [3.8, 4) is 0 Å². The molecule has 1 saturated heterocycles. The van der Waals surface area contributed by atoms with Gasteiger partial charge in [0, 0.05) is 20.8 Å². The van der Waals surface area contributed by atoms with E-state index in [1.165, 1.54) is 6.92 Å². The van der Waals surface area contributed by atoms with Gasteiger partial charge in [0.05, 0.1) is 6.10 Å². The first-order valence-electron chi connectivity index (χ1n) is 6.03. The molecule has 0 aliphatic carbocycles. The Morgan fingerprint density at radius 2 is 1.35 bits per heavy atom. The molecule has 114 valence electrons. The van der Waals surface area contributed by atoms with E-state index in [4.69, 9.17) is 14.2 Å². The summed E-state index contributed by atoms with van der Waals surface area (Å²) in [6, 6.07) is 0. The zero-order chi connectivity index (χ0) is 15.4. The summed E-state index contributed by atoms with van der Waals surface area (Å²) in [5.41, 5.74) is 0. The van der Waals surface area contributed by atoms with Crippen LogP contribution in [0.4, 0.5) is 4.39 Å². The van der Waals surface area contributed by atoms with Crippen molar-refractivity contribution in [1.82, 2.24) is 0 Å². The van der Waals surface area contributed by atoms with Gasteiger partial charge in [-0.2, -0.15) is 0 Å². The fourth-order valence-corrected chi connectivity index (χ4v) is 1.90. The van der Waals surface area contributed by atoms with E-state index in [9.17, 15) is 18.8 Å². The summed E-state index contributed by atoms with van der Waals surface area (Å²) in [6.45, 7) is 4.83. The fraction of sp³-hybridized carbons (Fsp3) is 0.750. The molecule has 1 heterocycles. The number of alkyl halides is 1. The lowest BCUT2D eigenvalue weighted by Crippen LogP contribution is -2.58. The topological polar surface area (TPSA) is 88.1 Å². The first kappa shape index (κ1) is 16.4. The summed E-state index contributed by atoms with van der Waals surface area (Å²) in [5, 5.41) is 0. The third-order valence-electron chi connectivity index (χ3n) is 2.60. The maximum Gasteiger partial charge on any atom is 0.305 e.